The van der Waals surface area contributed by atoms with E-state index in [4.69, 9.17) is 5.73 Å². The molecule has 2 N–H and O–H groups in total. The summed E-state index contributed by atoms with van der Waals surface area (Å²) in [7, 11) is 0. The van der Waals surface area contributed by atoms with E-state index < -0.39 is 0 Å². The Kier molecular flexibility index (Phi) is 3.19. The van der Waals surface area contributed by atoms with E-state index in [-0.39, 0.29) is 0 Å². The largest absolute Gasteiger partial charge is 0.330 e. The number of aromatic nitrogens is 3. The molecule has 0 aliphatic rings. The Labute approximate surface area is 95.5 Å². The van der Waals surface area contributed by atoms with E-state index in [2.05, 4.69) is 30.0 Å². The van der Waals surface area contributed by atoms with Gasteiger partial charge in [-0.3, -0.25) is 0 Å². The van der Waals surface area contributed by atoms with Gasteiger partial charge in [0.15, 0.2) is 5.65 Å². The molecule has 86 valence electrons. The Balaban J connectivity index is 2.34. The molecule has 0 fully saturated rings. The molecule has 0 saturated carbocycles. The Morgan fingerprint density at radius 2 is 2.19 bits per heavy atom. The van der Waals surface area contributed by atoms with E-state index in [9.17, 15) is 0 Å². The maximum atomic E-state index is 5.53. The minimum atomic E-state index is 0.577. The summed E-state index contributed by atoms with van der Waals surface area (Å²) in [6.45, 7) is 5.92. The fourth-order valence-electron chi connectivity index (χ4n) is 1.80. The minimum Gasteiger partial charge on any atom is -0.330 e. The lowest BCUT2D eigenvalue weighted by atomic mass is 10.2. The van der Waals surface area contributed by atoms with Crippen LogP contribution in [0.2, 0.25) is 0 Å². The van der Waals surface area contributed by atoms with Crippen LogP contribution in [0.4, 0.5) is 0 Å². The van der Waals surface area contributed by atoms with Crippen LogP contribution in [0.15, 0.2) is 18.5 Å². The molecule has 2 rings (SSSR count). The van der Waals surface area contributed by atoms with Gasteiger partial charge < -0.3 is 5.73 Å². The number of nitrogens with zero attached hydrogens (tertiary/aromatic N) is 3. The molecular formula is C12H18N4. The van der Waals surface area contributed by atoms with Gasteiger partial charge in [-0.1, -0.05) is 13.8 Å². The normalized spacial score (nSPS) is 11.5. The highest BCUT2D eigenvalue weighted by atomic mass is 15.3. The maximum Gasteiger partial charge on any atom is 0.157 e. The standard InChI is InChI=1S/C12H18N4/c1-9(2)8-16-12-11(7-15-16)5-10(3-4-13)6-14-12/h5-7,9H,3-4,8,13H2,1-2H3. The van der Waals surface area contributed by atoms with Crippen LogP contribution in [0, 0.1) is 5.92 Å². The zero-order chi connectivity index (χ0) is 11.5. The average Bonchev–Trinajstić information content (AvgIpc) is 2.61. The third-order valence-electron chi connectivity index (χ3n) is 2.50. The van der Waals surface area contributed by atoms with Crippen LogP contribution in [-0.2, 0) is 13.0 Å². The third-order valence-corrected chi connectivity index (χ3v) is 2.50. The van der Waals surface area contributed by atoms with Gasteiger partial charge in [0, 0.05) is 18.1 Å². The predicted molar refractivity (Wildman–Crippen MR) is 65.1 cm³/mol. The van der Waals surface area contributed by atoms with Gasteiger partial charge in [-0.15, -0.1) is 0 Å². The number of fused-ring (bicyclic) bond motifs is 1. The van der Waals surface area contributed by atoms with E-state index >= 15 is 0 Å². The molecule has 16 heavy (non-hydrogen) atoms. The summed E-state index contributed by atoms with van der Waals surface area (Å²) in [5.41, 5.74) is 7.67. The summed E-state index contributed by atoms with van der Waals surface area (Å²) in [4.78, 5) is 4.46. The first-order valence-electron chi connectivity index (χ1n) is 5.71. The van der Waals surface area contributed by atoms with Crippen molar-refractivity contribution in [3.8, 4) is 0 Å². The van der Waals surface area contributed by atoms with E-state index in [0.717, 1.165) is 24.0 Å². The Hall–Kier alpha value is -1.42. The molecule has 2 aromatic rings. The molecule has 0 amide bonds. The topological polar surface area (TPSA) is 56.7 Å². The number of nitrogens with two attached hydrogens (primary N) is 1. The number of pyridine rings is 1. The van der Waals surface area contributed by atoms with Gasteiger partial charge in [-0.05, 0) is 30.5 Å². The molecule has 0 aliphatic carbocycles. The third kappa shape index (κ3) is 2.22. The van der Waals surface area contributed by atoms with Gasteiger partial charge in [0.05, 0.1) is 6.20 Å². The molecule has 2 heterocycles. The second-order valence-electron chi connectivity index (χ2n) is 4.52. The second-order valence-corrected chi connectivity index (χ2v) is 4.52. The van der Waals surface area contributed by atoms with E-state index in [1.807, 2.05) is 17.1 Å². The fourth-order valence-corrected chi connectivity index (χ4v) is 1.80. The molecule has 4 heteroatoms. The van der Waals surface area contributed by atoms with Gasteiger partial charge in [-0.25, -0.2) is 9.67 Å². The van der Waals surface area contributed by atoms with Crippen molar-refractivity contribution >= 4 is 11.0 Å². The lowest BCUT2D eigenvalue weighted by Crippen LogP contribution is -2.07. The molecule has 0 atom stereocenters. The van der Waals surface area contributed by atoms with E-state index in [1.54, 1.807) is 0 Å². The van der Waals surface area contributed by atoms with Crippen LogP contribution >= 0.6 is 0 Å². The number of rotatable bonds is 4. The van der Waals surface area contributed by atoms with Gasteiger partial charge in [0.25, 0.3) is 0 Å². The van der Waals surface area contributed by atoms with Crippen molar-refractivity contribution in [2.75, 3.05) is 6.54 Å². The minimum absolute atomic E-state index is 0.577. The molecule has 2 aromatic heterocycles. The Morgan fingerprint density at radius 3 is 2.88 bits per heavy atom. The molecule has 0 aliphatic heterocycles. The van der Waals surface area contributed by atoms with Crippen LogP contribution in [0.1, 0.15) is 19.4 Å². The molecular weight excluding hydrogens is 200 g/mol. The summed E-state index contributed by atoms with van der Waals surface area (Å²) in [5, 5.41) is 5.46. The van der Waals surface area contributed by atoms with Crippen molar-refractivity contribution in [2.45, 2.75) is 26.8 Å². The van der Waals surface area contributed by atoms with E-state index in [1.165, 1.54) is 5.56 Å². The summed E-state index contributed by atoms with van der Waals surface area (Å²) < 4.78 is 1.96. The monoisotopic (exact) mass is 218 g/mol. The molecule has 0 saturated heterocycles. The number of hydrogen-bond donors (Lipinski definition) is 1. The van der Waals surface area contributed by atoms with Gasteiger partial charge in [0.1, 0.15) is 0 Å². The van der Waals surface area contributed by atoms with Crippen LogP contribution in [0.3, 0.4) is 0 Å². The van der Waals surface area contributed by atoms with Crippen LogP contribution in [0.25, 0.3) is 11.0 Å². The lowest BCUT2D eigenvalue weighted by Gasteiger charge is -2.05. The Morgan fingerprint density at radius 1 is 1.38 bits per heavy atom. The van der Waals surface area contributed by atoms with Crippen LogP contribution in [-0.4, -0.2) is 21.3 Å². The summed E-state index contributed by atoms with van der Waals surface area (Å²) in [6.07, 6.45) is 4.65. The van der Waals surface area contributed by atoms with Crippen molar-refractivity contribution in [3.63, 3.8) is 0 Å². The maximum absolute atomic E-state index is 5.53. The van der Waals surface area contributed by atoms with Crippen molar-refractivity contribution in [2.24, 2.45) is 11.7 Å². The van der Waals surface area contributed by atoms with Crippen molar-refractivity contribution in [3.05, 3.63) is 24.0 Å². The second kappa shape index (κ2) is 4.61. The van der Waals surface area contributed by atoms with Gasteiger partial charge in [-0.2, -0.15) is 5.10 Å². The van der Waals surface area contributed by atoms with Crippen molar-refractivity contribution < 1.29 is 0 Å². The van der Waals surface area contributed by atoms with Gasteiger partial charge >= 0.3 is 0 Å². The Bertz CT molecular complexity index is 473. The average molecular weight is 218 g/mol. The highest BCUT2D eigenvalue weighted by molar-refractivity contribution is 5.74. The number of hydrogen-bond acceptors (Lipinski definition) is 3. The predicted octanol–water partition coefficient (Wildman–Crippen LogP) is 1.59. The fraction of sp³-hybridized carbons (Fsp3) is 0.500. The summed E-state index contributed by atoms with van der Waals surface area (Å²) >= 11 is 0. The molecule has 0 bridgehead atoms. The van der Waals surface area contributed by atoms with Crippen LogP contribution in [0.5, 0.6) is 0 Å². The highest BCUT2D eigenvalue weighted by Gasteiger charge is 2.06. The smallest absolute Gasteiger partial charge is 0.157 e. The van der Waals surface area contributed by atoms with Crippen molar-refractivity contribution in [1.82, 2.24) is 14.8 Å². The molecule has 4 nitrogen and oxygen atoms in total. The van der Waals surface area contributed by atoms with Crippen LogP contribution < -0.4 is 5.73 Å². The summed E-state index contributed by atoms with van der Waals surface area (Å²) in [6, 6.07) is 2.12. The first kappa shape index (κ1) is 11.1. The van der Waals surface area contributed by atoms with Gasteiger partial charge in [0.2, 0.25) is 0 Å². The lowest BCUT2D eigenvalue weighted by molar-refractivity contribution is 0.492. The van der Waals surface area contributed by atoms with E-state index in [0.29, 0.717) is 12.5 Å². The molecule has 0 radical (unpaired) electrons. The summed E-state index contributed by atoms with van der Waals surface area (Å²) in [5.74, 6) is 0.577. The molecule has 0 spiro atoms. The zero-order valence-electron chi connectivity index (χ0n) is 9.85. The first-order chi connectivity index (χ1) is 7.70. The highest BCUT2D eigenvalue weighted by Crippen LogP contribution is 2.14. The zero-order valence-corrected chi connectivity index (χ0v) is 9.85. The molecule has 0 aromatic carbocycles. The molecule has 0 unspecified atom stereocenters. The first-order valence-corrected chi connectivity index (χ1v) is 5.71. The van der Waals surface area contributed by atoms with Crippen molar-refractivity contribution in [1.29, 1.82) is 0 Å². The quantitative estimate of drug-likeness (QED) is 0.847. The SMILES string of the molecule is CC(C)Cn1ncc2cc(CCN)cnc21.